The van der Waals surface area contributed by atoms with Gasteiger partial charge in [0.2, 0.25) is 0 Å². The second-order valence-electron chi connectivity index (χ2n) is 4.34. The van der Waals surface area contributed by atoms with Crippen LogP contribution in [-0.2, 0) is 14.3 Å². The molecule has 1 heterocycles. The molecule has 0 unspecified atom stereocenters. The molecule has 23 heavy (non-hydrogen) atoms. The molecular formula is C12H10N4O7. The minimum atomic E-state index is -0.868. The van der Waals surface area contributed by atoms with Crippen molar-refractivity contribution in [3.63, 3.8) is 0 Å². The first kappa shape index (κ1) is 16.0. The maximum atomic E-state index is 11.9. The minimum Gasteiger partial charge on any atom is -0.461 e. The highest BCUT2D eigenvalue weighted by Gasteiger charge is 2.34. The molecular weight excluding hydrogens is 312 g/mol. The molecule has 0 saturated carbocycles. The van der Waals surface area contributed by atoms with Gasteiger partial charge < -0.3 is 4.74 Å². The lowest BCUT2D eigenvalue weighted by atomic mass is 10.2. The molecule has 11 heteroatoms. The van der Waals surface area contributed by atoms with Crippen LogP contribution in [0.25, 0.3) is 0 Å². The number of esters is 1. The quantitative estimate of drug-likeness (QED) is 0.449. The van der Waals surface area contributed by atoms with Gasteiger partial charge in [-0.2, -0.15) is 10.1 Å². The van der Waals surface area contributed by atoms with Crippen molar-refractivity contribution in [2.75, 3.05) is 11.6 Å². The Morgan fingerprint density at radius 3 is 2.61 bits per heavy atom. The molecule has 2 rings (SSSR count). The third-order valence-electron chi connectivity index (χ3n) is 2.88. The van der Waals surface area contributed by atoms with Crippen LogP contribution in [0.1, 0.15) is 13.3 Å². The summed E-state index contributed by atoms with van der Waals surface area (Å²) in [6, 6.07) is 2.76. The lowest BCUT2D eigenvalue weighted by molar-refractivity contribution is -0.393. The smallest absolute Gasteiger partial charge is 0.355 e. The van der Waals surface area contributed by atoms with E-state index in [2.05, 4.69) is 5.10 Å². The Morgan fingerprint density at radius 2 is 2.04 bits per heavy atom. The number of hydrazone groups is 1. The maximum absolute atomic E-state index is 11.9. The maximum Gasteiger partial charge on any atom is 0.355 e. The summed E-state index contributed by atoms with van der Waals surface area (Å²) in [5.74, 6) is -1.47. The van der Waals surface area contributed by atoms with Crippen molar-refractivity contribution in [1.82, 2.24) is 0 Å². The standard InChI is InChI=1S/C12H10N4O7/c1-2-23-12(18)8-6-11(17)14(13-8)9-4-3-7(15(19)20)5-10(9)16(21)22/h3-5H,2,6H2,1H3. The highest BCUT2D eigenvalue weighted by atomic mass is 16.6. The number of hydrogen-bond donors (Lipinski definition) is 0. The molecule has 1 aromatic carbocycles. The lowest BCUT2D eigenvalue weighted by Gasteiger charge is -2.11. The number of hydrogen-bond acceptors (Lipinski definition) is 8. The van der Waals surface area contributed by atoms with E-state index in [0.29, 0.717) is 5.01 Å². The predicted octanol–water partition coefficient (Wildman–Crippen LogP) is 1.16. The number of nitro benzene ring substituents is 2. The van der Waals surface area contributed by atoms with E-state index in [1.807, 2.05) is 0 Å². The van der Waals surface area contributed by atoms with Crippen LogP contribution in [0.15, 0.2) is 23.3 Å². The Labute approximate surface area is 128 Å². The predicted molar refractivity (Wildman–Crippen MR) is 75.9 cm³/mol. The van der Waals surface area contributed by atoms with Crippen LogP contribution >= 0.6 is 0 Å². The summed E-state index contributed by atoms with van der Waals surface area (Å²) in [7, 11) is 0. The SMILES string of the molecule is CCOC(=O)C1=NN(c2ccc([N+](=O)[O-])cc2[N+](=O)[O-])C(=O)C1. The van der Waals surface area contributed by atoms with Gasteiger partial charge in [0.05, 0.1) is 28.9 Å². The Balaban J connectivity index is 2.45. The van der Waals surface area contributed by atoms with Crippen LogP contribution in [0.5, 0.6) is 0 Å². The van der Waals surface area contributed by atoms with Gasteiger partial charge in [0.1, 0.15) is 5.69 Å². The van der Waals surface area contributed by atoms with E-state index in [1.54, 1.807) is 6.92 Å². The third-order valence-corrected chi connectivity index (χ3v) is 2.88. The highest BCUT2D eigenvalue weighted by Crippen LogP contribution is 2.34. The molecule has 0 fully saturated rings. The summed E-state index contributed by atoms with van der Waals surface area (Å²) in [5.41, 5.74) is -1.61. The van der Waals surface area contributed by atoms with Crippen molar-refractivity contribution < 1.29 is 24.2 Å². The highest BCUT2D eigenvalue weighted by molar-refractivity contribution is 6.42. The molecule has 1 aliphatic heterocycles. The first-order chi connectivity index (χ1) is 10.8. The van der Waals surface area contributed by atoms with E-state index in [0.717, 1.165) is 18.2 Å². The van der Waals surface area contributed by atoms with E-state index in [1.165, 1.54) is 0 Å². The number of amides is 1. The number of rotatable bonds is 5. The molecule has 0 radical (unpaired) electrons. The molecule has 0 saturated heterocycles. The number of carbonyl (C=O) groups is 2. The second-order valence-corrected chi connectivity index (χ2v) is 4.34. The molecule has 0 aromatic heterocycles. The van der Waals surface area contributed by atoms with E-state index in [4.69, 9.17) is 4.74 Å². The average molecular weight is 322 g/mol. The molecule has 0 atom stereocenters. The van der Waals surface area contributed by atoms with Crippen LogP contribution in [-0.4, -0.2) is 34.0 Å². The van der Waals surface area contributed by atoms with Crippen LogP contribution in [0, 0.1) is 20.2 Å². The van der Waals surface area contributed by atoms with Gasteiger partial charge in [-0.1, -0.05) is 0 Å². The number of ether oxygens (including phenoxy) is 1. The normalized spacial score (nSPS) is 13.7. The summed E-state index contributed by atoms with van der Waals surface area (Å²) in [6.45, 7) is 1.66. The first-order valence-electron chi connectivity index (χ1n) is 6.35. The zero-order valence-corrected chi connectivity index (χ0v) is 11.8. The van der Waals surface area contributed by atoms with Crippen LogP contribution < -0.4 is 5.01 Å². The summed E-state index contributed by atoms with van der Waals surface area (Å²) >= 11 is 0. The van der Waals surface area contributed by atoms with Gasteiger partial charge in [0, 0.05) is 6.07 Å². The molecule has 0 aliphatic carbocycles. The fraction of sp³-hybridized carbons (Fsp3) is 0.250. The Bertz CT molecular complexity index is 743. The Hall–Kier alpha value is -3.37. The average Bonchev–Trinajstić information content (AvgIpc) is 2.88. The van der Waals surface area contributed by atoms with Crippen molar-refractivity contribution in [3.8, 4) is 0 Å². The molecule has 0 bridgehead atoms. The second kappa shape index (κ2) is 6.17. The topological polar surface area (TPSA) is 145 Å². The summed E-state index contributed by atoms with van der Waals surface area (Å²) in [5, 5.41) is 26.2. The van der Waals surface area contributed by atoms with Crippen LogP contribution in [0.2, 0.25) is 0 Å². The van der Waals surface area contributed by atoms with E-state index < -0.39 is 33.1 Å². The lowest BCUT2D eigenvalue weighted by Crippen LogP contribution is -2.21. The molecule has 0 spiro atoms. The van der Waals surface area contributed by atoms with Crippen molar-refractivity contribution in [1.29, 1.82) is 0 Å². The van der Waals surface area contributed by atoms with E-state index in [-0.39, 0.29) is 24.4 Å². The number of non-ortho nitro benzene ring substituents is 1. The van der Waals surface area contributed by atoms with Gasteiger partial charge >= 0.3 is 11.7 Å². The molecule has 1 amide bonds. The molecule has 1 aliphatic rings. The number of nitro groups is 2. The summed E-state index contributed by atoms with van der Waals surface area (Å²) < 4.78 is 4.71. The van der Waals surface area contributed by atoms with Crippen LogP contribution in [0.4, 0.5) is 17.1 Å². The molecule has 0 N–H and O–H groups in total. The van der Waals surface area contributed by atoms with Gasteiger partial charge in [0.25, 0.3) is 11.6 Å². The number of benzene rings is 1. The zero-order valence-electron chi connectivity index (χ0n) is 11.8. The van der Waals surface area contributed by atoms with Gasteiger partial charge in [-0.25, -0.2) is 4.79 Å². The molecule has 1 aromatic rings. The third kappa shape index (κ3) is 3.12. The zero-order chi connectivity index (χ0) is 17.1. The fourth-order valence-electron chi connectivity index (χ4n) is 1.90. The number of anilines is 1. The number of nitrogens with zero attached hydrogens (tertiary/aromatic N) is 4. The van der Waals surface area contributed by atoms with Gasteiger partial charge in [-0.3, -0.25) is 25.0 Å². The van der Waals surface area contributed by atoms with Crippen molar-refractivity contribution in [3.05, 3.63) is 38.4 Å². The van der Waals surface area contributed by atoms with E-state index >= 15 is 0 Å². The first-order valence-corrected chi connectivity index (χ1v) is 6.35. The van der Waals surface area contributed by atoms with Crippen molar-refractivity contribution in [2.45, 2.75) is 13.3 Å². The van der Waals surface area contributed by atoms with E-state index in [9.17, 15) is 29.8 Å². The molecule has 11 nitrogen and oxygen atoms in total. The monoisotopic (exact) mass is 322 g/mol. The van der Waals surface area contributed by atoms with Gasteiger partial charge in [0.15, 0.2) is 5.71 Å². The minimum absolute atomic E-state index is 0.0870. The summed E-state index contributed by atoms with van der Waals surface area (Å²) in [4.78, 5) is 43.6. The fourth-order valence-corrected chi connectivity index (χ4v) is 1.90. The van der Waals surface area contributed by atoms with Crippen molar-refractivity contribution >= 4 is 34.7 Å². The largest absolute Gasteiger partial charge is 0.461 e. The summed E-state index contributed by atoms with van der Waals surface area (Å²) in [6.07, 6.45) is -0.368. The van der Waals surface area contributed by atoms with Crippen molar-refractivity contribution in [2.24, 2.45) is 5.10 Å². The van der Waals surface area contributed by atoms with Crippen LogP contribution in [0.3, 0.4) is 0 Å². The molecule has 120 valence electrons. The number of carbonyl (C=O) groups excluding carboxylic acids is 2. The van der Waals surface area contributed by atoms with Gasteiger partial charge in [-0.05, 0) is 13.0 Å². The van der Waals surface area contributed by atoms with Gasteiger partial charge in [-0.15, -0.1) is 0 Å². The Kier molecular flexibility index (Phi) is 4.30. The Morgan fingerprint density at radius 1 is 1.35 bits per heavy atom.